The molecule has 0 saturated carbocycles. The van der Waals surface area contributed by atoms with Crippen LogP contribution in [0.5, 0.6) is 0 Å². The quantitative estimate of drug-likeness (QED) is 0.757. The van der Waals surface area contributed by atoms with E-state index in [0.717, 1.165) is 6.42 Å². The smallest absolute Gasteiger partial charge is 0.408 e. The van der Waals surface area contributed by atoms with E-state index in [4.69, 9.17) is 9.47 Å². The van der Waals surface area contributed by atoms with Gasteiger partial charge in [-0.05, 0) is 39.5 Å². The summed E-state index contributed by atoms with van der Waals surface area (Å²) in [5.41, 5.74) is -0.551. The van der Waals surface area contributed by atoms with Gasteiger partial charge in [-0.2, -0.15) is 0 Å². The first kappa shape index (κ1) is 15.0. The monoisotopic (exact) mass is 257 g/mol. The molecule has 1 aliphatic heterocycles. The van der Waals surface area contributed by atoms with Crippen LogP contribution in [0.2, 0.25) is 0 Å². The highest BCUT2D eigenvalue weighted by Crippen LogP contribution is 2.21. The Morgan fingerprint density at radius 3 is 2.83 bits per heavy atom. The van der Waals surface area contributed by atoms with Crippen LogP contribution in [0.1, 0.15) is 33.6 Å². The number of carbonyl (C=O) groups excluding carboxylic acids is 1. The topological polar surface area (TPSA) is 67.8 Å². The van der Waals surface area contributed by atoms with Crippen LogP contribution in [0, 0.1) is 5.92 Å². The number of nitrogens with one attached hydrogen (secondary N) is 1. The number of aliphatic hydroxyl groups excluding tert-OH is 1. The number of carbonyl (C=O) groups is 1. The van der Waals surface area contributed by atoms with E-state index in [1.807, 2.05) is 6.08 Å². The lowest BCUT2D eigenvalue weighted by Crippen LogP contribution is -2.50. The van der Waals surface area contributed by atoms with Crippen molar-refractivity contribution in [2.75, 3.05) is 6.61 Å². The predicted octanol–water partition coefficient (Wildman–Crippen LogP) is 1.81. The Labute approximate surface area is 108 Å². The van der Waals surface area contributed by atoms with Gasteiger partial charge < -0.3 is 19.9 Å². The molecule has 3 atom stereocenters. The van der Waals surface area contributed by atoms with Gasteiger partial charge in [0.05, 0.1) is 12.6 Å². The van der Waals surface area contributed by atoms with Crippen LogP contribution in [0.25, 0.3) is 0 Å². The largest absolute Gasteiger partial charge is 0.444 e. The standard InChI is InChI=1S/C13H23NO4/c1-5-6-9-7-10(11(15)17-8-9)14-12(16)18-13(2,3)4/h5,9-11,15H,1,6-8H2,2-4H3,(H,14,16)/t9-,10-,11?/m0/s1. The normalized spacial score (nSPS) is 28.6. The van der Waals surface area contributed by atoms with Crippen LogP contribution in [-0.4, -0.2) is 35.7 Å². The van der Waals surface area contributed by atoms with Crippen LogP contribution < -0.4 is 5.32 Å². The molecule has 0 spiro atoms. The predicted molar refractivity (Wildman–Crippen MR) is 68.0 cm³/mol. The van der Waals surface area contributed by atoms with Gasteiger partial charge >= 0.3 is 6.09 Å². The molecule has 0 aromatic heterocycles. The number of ether oxygens (including phenoxy) is 2. The van der Waals surface area contributed by atoms with E-state index in [2.05, 4.69) is 11.9 Å². The molecule has 0 bridgehead atoms. The maximum Gasteiger partial charge on any atom is 0.408 e. The summed E-state index contributed by atoms with van der Waals surface area (Å²) in [6, 6.07) is -0.432. The molecule has 1 aliphatic rings. The Morgan fingerprint density at radius 1 is 1.61 bits per heavy atom. The summed E-state index contributed by atoms with van der Waals surface area (Å²) in [7, 11) is 0. The second-order valence-electron chi connectivity index (χ2n) is 5.60. The molecule has 0 radical (unpaired) electrons. The minimum Gasteiger partial charge on any atom is -0.444 e. The molecule has 5 heteroatoms. The fourth-order valence-electron chi connectivity index (χ4n) is 1.88. The lowest BCUT2D eigenvalue weighted by molar-refractivity contribution is -0.157. The second kappa shape index (κ2) is 6.20. The van der Waals surface area contributed by atoms with Gasteiger partial charge in [0.25, 0.3) is 0 Å². The van der Waals surface area contributed by atoms with Crippen LogP contribution in [0.15, 0.2) is 12.7 Å². The summed E-state index contributed by atoms with van der Waals surface area (Å²) in [5, 5.41) is 12.3. The molecule has 1 heterocycles. The number of hydrogen-bond acceptors (Lipinski definition) is 4. The highest BCUT2D eigenvalue weighted by atomic mass is 16.6. The minimum absolute atomic E-state index is 0.269. The second-order valence-corrected chi connectivity index (χ2v) is 5.60. The maximum atomic E-state index is 11.6. The van der Waals surface area contributed by atoms with Gasteiger partial charge in [0.15, 0.2) is 6.29 Å². The van der Waals surface area contributed by atoms with E-state index in [1.54, 1.807) is 20.8 Å². The number of aliphatic hydroxyl groups is 1. The van der Waals surface area contributed by atoms with Crippen LogP contribution in [0.4, 0.5) is 4.79 Å². The zero-order valence-corrected chi connectivity index (χ0v) is 11.3. The summed E-state index contributed by atoms with van der Waals surface area (Å²) in [5.74, 6) is 0.269. The van der Waals surface area contributed by atoms with Gasteiger partial charge in [-0.25, -0.2) is 4.79 Å². The van der Waals surface area contributed by atoms with Crippen molar-refractivity contribution < 1.29 is 19.4 Å². The van der Waals surface area contributed by atoms with E-state index >= 15 is 0 Å². The molecule has 104 valence electrons. The van der Waals surface area contributed by atoms with Crippen molar-refractivity contribution >= 4 is 6.09 Å². The van der Waals surface area contributed by atoms with E-state index < -0.39 is 24.0 Å². The molecule has 1 fully saturated rings. The van der Waals surface area contributed by atoms with Crippen LogP contribution >= 0.6 is 0 Å². The van der Waals surface area contributed by atoms with Gasteiger partial charge in [0.2, 0.25) is 0 Å². The van der Waals surface area contributed by atoms with Crippen molar-refractivity contribution in [3.05, 3.63) is 12.7 Å². The van der Waals surface area contributed by atoms with Gasteiger partial charge in [0.1, 0.15) is 5.60 Å². The van der Waals surface area contributed by atoms with Gasteiger partial charge in [-0.3, -0.25) is 0 Å². The number of rotatable bonds is 3. The molecule has 18 heavy (non-hydrogen) atoms. The van der Waals surface area contributed by atoms with Crippen molar-refractivity contribution in [2.45, 2.75) is 51.5 Å². The summed E-state index contributed by atoms with van der Waals surface area (Å²) >= 11 is 0. The first-order chi connectivity index (χ1) is 8.31. The number of allylic oxidation sites excluding steroid dienone is 1. The van der Waals surface area contributed by atoms with E-state index in [9.17, 15) is 9.90 Å². The SMILES string of the molecule is C=CC[C@@H]1COC(O)[C@@H](NC(=O)OC(C)(C)C)C1. The van der Waals surface area contributed by atoms with Crippen molar-refractivity contribution in [3.8, 4) is 0 Å². The van der Waals surface area contributed by atoms with Crippen LogP contribution in [0.3, 0.4) is 0 Å². The van der Waals surface area contributed by atoms with E-state index in [-0.39, 0.29) is 5.92 Å². The third-order valence-electron chi connectivity index (χ3n) is 2.64. The Kier molecular flexibility index (Phi) is 5.16. The molecule has 0 aliphatic carbocycles. The Hall–Kier alpha value is -1.07. The summed E-state index contributed by atoms with van der Waals surface area (Å²) < 4.78 is 10.4. The zero-order chi connectivity index (χ0) is 13.8. The Morgan fingerprint density at radius 2 is 2.28 bits per heavy atom. The first-order valence-electron chi connectivity index (χ1n) is 6.22. The highest BCUT2D eigenvalue weighted by molar-refractivity contribution is 5.68. The van der Waals surface area contributed by atoms with E-state index in [0.29, 0.717) is 13.0 Å². The lowest BCUT2D eigenvalue weighted by atomic mass is 9.94. The average molecular weight is 257 g/mol. The lowest BCUT2D eigenvalue weighted by Gasteiger charge is -2.33. The molecule has 2 N–H and O–H groups in total. The minimum atomic E-state index is -0.974. The average Bonchev–Trinajstić information content (AvgIpc) is 2.20. The van der Waals surface area contributed by atoms with E-state index in [1.165, 1.54) is 0 Å². The molecule has 1 amide bonds. The molecule has 1 rings (SSSR count). The van der Waals surface area contributed by atoms with Gasteiger partial charge in [-0.1, -0.05) is 6.08 Å². The molecule has 1 unspecified atom stereocenters. The molecular weight excluding hydrogens is 234 g/mol. The number of amides is 1. The van der Waals surface area contributed by atoms with Crippen LogP contribution in [-0.2, 0) is 9.47 Å². The fraction of sp³-hybridized carbons (Fsp3) is 0.769. The molecule has 0 aromatic carbocycles. The summed E-state index contributed by atoms with van der Waals surface area (Å²) in [6.07, 6.45) is 1.77. The maximum absolute atomic E-state index is 11.6. The van der Waals surface area contributed by atoms with Crippen molar-refractivity contribution in [1.82, 2.24) is 5.32 Å². The summed E-state index contributed by atoms with van der Waals surface area (Å²) in [6.45, 7) is 9.54. The highest BCUT2D eigenvalue weighted by Gasteiger charge is 2.31. The van der Waals surface area contributed by atoms with Gasteiger partial charge in [-0.15, -0.1) is 6.58 Å². The summed E-state index contributed by atoms with van der Waals surface area (Å²) in [4.78, 5) is 11.6. The van der Waals surface area contributed by atoms with Gasteiger partial charge in [0, 0.05) is 0 Å². The third kappa shape index (κ3) is 5.06. The van der Waals surface area contributed by atoms with Crippen molar-refractivity contribution in [3.63, 3.8) is 0 Å². The first-order valence-corrected chi connectivity index (χ1v) is 6.22. The Balaban J connectivity index is 2.48. The van der Waals surface area contributed by atoms with Crippen molar-refractivity contribution in [2.24, 2.45) is 5.92 Å². The fourth-order valence-corrected chi connectivity index (χ4v) is 1.88. The molecule has 0 aromatic rings. The third-order valence-corrected chi connectivity index (χ3v) is 2.64. The molecular formula is C13H23NO4. The zero-order valence-electron chi connectivity index (χ0n) is 11.3. The molecule has 5 nitrogen and oxygen atoms in total. The number of alkyl carbamates (subject to hydrolysis) is 1. The molecule has 1 saturated heterocycles. The van der Waals surface area contributed by atoms with Crippen molar-refractivity contribution in [1.29, 1.82) is 0 Å². The number of hydrogen-bond donors (Lipinski definition) is 2. The Bertz CT molecular complexity index is 298.